The van der Waals surface area contributed by atoms with E-state index in [-0.39, 0.29) is 17.6 Å². The van der Waals surface area contributed by atoms with Crippen LogP contribution < -0.4 is 0 Å². The molecule has 4 aliphatic carbocycles. The van der Waals surface area contributed by atoms with E-state index in [9.17, 15) is 10.2 Å². The van der Waals surface area contributed by atoms with Crippen molar-refractivity contribution in [1.29, 1.82) is 0 Å². The molecule has 0 aromatic carbocycles. The van der Waals surface area contributed by atoms with Gasteiger partial charge in [-0.3, -0.25) is 0 Å². The van der Waals surface area contributed by atoms with Gasteiger partial charge in [0.05, 0.1) is 12.2 Å². The van der Waals surface area contributed by atoms with Crippen LogP contribution in [-0.2, 0) is 0 Å². The van der Waals surface area contributed by atoms with Crippen molar-refractivity contribution in [1.82, 2.24) is 0 Å². The number of hydrogen-bond donors (Lipinski definition) is 2. The number of fused-ring (bicyclic) bond motifs is 5. The van der Waals surface area contributed by atoms with Crippen LogP contribution in [0.25, 0.3) is 0 Å². The molecule has 0 heterocycles. The topological polar surface area (TPSA) is 40.5 Å². The Balaban J connectivity index is 1.54. The molecule has 166 valence electrons. The van der Waals surface area contributed by atoms with Crippen molar-refractivity contribution in [3.63, 3.8) is 0 Å². The molecule has 0 amide bonds. The van der Waals surface area contributed by atoms with Gasteiger partial charge in [0.2, 0.25) is 0 Å². The van der Waals surface area contributed by atoms with Gasteiger partial charge in [-0.05, 0) is 91.3 Å². The fraction of sp³-hybridized carbons (Fsp3) is 0.926. The van der Waals surface area contributed by atoms with Gasteiger partial charge in [0, 0.05) is 0 Å². The maximum absolute atomic E-state index is 11.3. The zero-order chi connectivity index (χ0) is 21.0. The van der Waals surface area contributed by atoms with Crippen LogP contribution in [0.1, 0.15) is 98.8 Å². The van der Waals surface area contributed by atoms with Gasteiger partial charge >= 0.3 is 0 Å². The molecule has 2 heteroatoms. The molecule has 0 radical (unpaired) electrons. The second kappa shape index (κ2) is 7.97. The van der Waals surface area contributed by atoms with E-state index in [0.29, 0.717) is 23.2 Å². The second-order valence-corrected chi connectivity index (χ2v) is 12.3. The van der Waals surface area contributed by atoms with Crippen LogP contribution in [0, 0.1) is 46.3 Å². The fourth-order valence-corrected chi connectivity index (χ4v) is 8.65. The largest absolute Gasteiger partial charge is 0.393 e. The van der Waals surface area contributed by atoms with Crippen LogP contribution in [-0.4, -0.2) is 22.4 Å². The zero-order valence-electron chi connectivity index (χ0n) is 19.7. The summed E-state index contributed by atoms with van der Waals surface area (Å²) in [6, 6.07) is 0. The molecule has 0 aliphatic heterocycles. The molecular formula is C27H46O2. The minimum absolute atomic E-state index is 0.200. The Labute approximate surface area is 179 Å². The Morgan fingerprint density at radius 3 is 2.45 bits per heavy atom. The van der Waals surface area contributed by atoms with Crippen molar-refractivity contribution < 1.29 is 10.2 Å². The number of aliphatic hydroxyl groups excluding tert-OH is 2. The third-order valence-corrected chi connectivity index (χ3v) is 10.3. The molecule has 4 aliphatic rings. The van der Waals surface area contributed by atoms with E-state index in [2.05, 4.69) is 40.7 Å². The lowest BCUT2D eigenvalue weighted by molar-refractivity contribution is -0.0970. The van der Waals surface area contributed by atoms with Gasteiger partial charge < -0.3 is 10.2 Å². The average molecular weight is 403 g/mol. The molecule has 4 rings (SSSR count). The molecule has 0 bridgehead atoms. The number of hydrogen-bond acceptors (Lipinski definition) is 2. The summed E-state index contributed by atoms with van der Waals surface area (Å²) in [6.07, 6.45) is 13.9. The highest BCUT2D eigenvalue weighted by Gasteiger charge is 2.61. The minimum Gasteiger partial charge on any atom is -0.393 e. The van der Waals surface area contributed by atoms with Gasteiger partial charge in [-0.25, -0.2) is 0 Å². The highest BCUT2D eigenvalue weighted by atomic mass is 16.3. The molecule has 9 atom stereocenters. The summed E-state index contributed by atoms with van der Waals surface area (Å²) in [5, 5.41) is 21.5. The van der Waals surface area contributed by atoms with Gasteiger partial charge in [-0.2, -0.15) is 0 Å². The first-order valence-corrected chi connectivity index (χ1v) is 12.7. The van der Waals surface area contributed by atoms with E-state index in [0.717, 1.165) is 37.0 Å². The number of rotatable bonds is 5. The summed E-state index contributed by atoms with van der Waals surface area (Å²) in [5.74, 6) is 4.18. The summed E-state index contributed by atoms with van der Waals surface area (Å²) in [6.45, 7) is 12.2. The van der Waals surface area contributed by atoms with Crippen LogP contribution in [0.3, 0.4) is 0 Å². The predicted molar refractivity (Wildman–Crippen MR) is 120 cm³/mol. The number of aliphatic hydroxyl groups is 2. The molecule has 29 heavy (non-hydrogen) atoms. The Hall–Kier alpha value is -0.340. The van der Waals surface area contributed by atoms with Crippen molar-refractivity contribution in [3.05, 3.63) is 11.6 Å². The van der Waals surface area contributed by atoms with Gasteiger partial charge in [-0.1, -0.05) is 65.5 Å². The molecule has 0 unspecified atom stereocenters. The first kappa shape index (κ1) is 21.9. The lowest BCUT2D eigenvalue weighted by Gasteiger charge is -2.59. The smallest absolute Gasteiger partial charge is 0.0757 e. The Kier molecular flexibility index (Phi) is 6.01. The normalized spacial score (nSPS) is 47.9. The predicted octanol–water partition coefficient (Wildman–Crippen LogP) is 6.36. The monoisotopic (exact) mass is 402 g/mol. The van der Waals surface area contributed by atoms with Gasteiger partial charge in [0.25, 0.3) is 0 Å². The summed E-state index contributed by atoms with van der Waals surface area (Å²) >= 11 is 0. The standard InChI is InChI=1S/C27H46O2/c1-17(2)7-6-8-18(3)21-9-10-22-25-23(12-14-27(21,22)5)26(4)13-11-20(28)15-19(26)16-24(25)29/h16-18,20-25,28-29H,6-15H2,1-5H3/t18-,20-,21-,22+,23+,24+,25+,26+,27-/m1/s1. The van der Waals surface area contributed by atoms with E-state index >= 15 is 0 Å². The van der Waals surface area contributed by atoms with E-state index in [4.69, 9.17) is 0 Å². The zero-order valence-corrected chi connectivity index (χ0v) is 19.7. The van der Waals surface area contributed by atoms with Crippen LogP contribution in [0.4, 0.5) is 0 Å². The minimum atomic E-state index is -0.298. The maximum atomic E-state index is 11.3. The quantitative estimate of drug-likeness (QED) is 0.525. The molecule has 3 saturated carbocycles. The van der Waals surface area contributed by atoms with Crippen LogP contribution in [0.15, 0.2) is 11.6 Å². The molecule has 0 aromatic rings. The van der Waals surface area contributed by atoms with E-state index in [1.807, 2.05) is 0 Å². The van der Waals surface area contributed by atoms with E-state index < -0.39 is 0 Å². The molecule has 0 aromatic heterocycles. The average Bonchev–Trinajstić information content (AvgIpc) is 3.00. The van der Waals surface area contributed by atoms with Crippen molar-refractivity contribution in [2.45, 2.75) is 111 Å². The highest BCUT2D eigenvalue weighted by molar-refractivity contribution is 5.27. The Bertz CT molecular complexity index is 624. The lowest BCUT2D eigenvalue weighted by Crippen LogP contribution is -2.54. The summed E-state index contributed by atoms with van der Waals surface area (Å²) in [4.78, 5) is 0. The van der Waals surface area contributed by atoms with E-state index in [1.54, 1.807) is 0 Å². The third-order valence-electron chi connectivity index (χ3n) is 10.3. The first-order valence-electron chi connectivity index (χ1n) is 12.7. The third kappa shape index (κ3) is 3.65. The van der Waals surface area contributed by atoms with Gasteiger partial charge in [0.15, 0.2) is 0 Å². The van der Waals surface area contributed by atoms with Crippen LogP contribution in [0.2, 0.25) is 0 Å². The van der Waals surface area contributed by atoms with Gasteiger partial charge in [0.1, 0.15) is 0 Å². The Morgan fingerprint density at radius 1 is 0.966 bits per heavy atom. The summed E-state index contributed by atoms with van der Waals surface area (Å²) < 4.78 is 0. The highest BCUT2D eigenvalue weighted by Crippen LogP contribution is 2.67. The van der Waals surface area contributed by atoms with Crippen molar-refractivity contribution in [2.24, 2.45) is 46.3 Å². The summed E-state index contributed by atoms with van der Waals surface area (Å²) in [5.41, 5.74) is 1.99. The molecule has 3 fully saturated rings. The molecular weight excluding hydrogens is 356 g/mol. The van der Waals surface area contributed by atoms with Crippen molar-refractivity contribution >= 4 is 0 Å². The molecule has 0 saturated heterocycles. The van der Waals surface area contributed by atoms with Crippen molar-refractivity contribution in [2.75, 3.05) is 0 Å². The lowest BCUT2D eigenvalue weighted by atomic mass is 9.46. The SMILES string of the molecule is CC(C)CCC[C@@H](C)[C@H]1CC[C@H]2[C@@H]3[C@@H](O)C=C4C[C@H](O)CC[C@]4(C)[C@H]3CC[C@]12C. The van der Waals surface area contributed by atoms with Gasteiger partial charge in [-0.15, -0.1) is 0 Å². The van der Waals surface area contributed by atoms with Crippen LogP contribution >= 0.6 is 0 Å². The maximum Gasteiger partial charge on any atom is 0.0757 e. The Morgan fingerprint density at radius 2 is 1.72 bits per heavy atom. The molecule has 2 nitrogen and oxygen atoms in total. The van der Waals surface area contributed by atoms with E-state index in [1.165, 1.54) is 50.5 Å². The molecule has 2 N–H and O–H groups in total. The molecule has 0 spiro atoms. The van der Waals surface area contributed by atoms with Crippen LogP contribution in [0.5, 0.6) is 0 Å². The first-order chi connectivity index (χ1) is 13.7. The second-order valence-electron chi connectivity index (χ2n) is 12.3. The van der Waals surface area contributed by atoms with Crippen molar-refractivity contribution in [3.8, 4) is 0 Å². The summed E-state index contributed by atoms with van der Waals surface area (Å²) in [7, 11) is 0. The fourth-order valence-electron chi connectivity index (χ4n) is 8.65.